The molecule has 3 aromatic heterocycles. The standard InChI is InChI=1S/C33H29ClF3N7O5/c34-21-17-20(33(35,36)37)5-6-22(21)39-25(46)18-43-23-3-1-9-32(10-13-42(14-11-32)30(48)27-24(45)4-2-12-38-27)26(23)29(47)44-31(43)40-28(41-44)19-7-15-49-16-8-19/h1-2,4-7,9,12,17,45H,3,8,10-11,13-16,18H2,(H,39,46). The van der Waals surface area contributed by atoms with Gasteiger partial charge in [-0.3, -0.25) is 14.4 Å². The number of carbonyl (C=O) groups excluding carboxylic acids is 2. The van der Waals surface area contributed by atoms with Crippen LogP contribution in [0.5, 0.6) is 5.75 Å². The number of anilines is 1. The number of allylic oxidation sites excluding steroid dienone is 2. The molecule has 3 aliphatic rings. The van der Waals surface area contributed by atoms with Crippen LogP contribution in [0.4, 0.5) is 18.9 Å². The molecular weight excluding hydrogens is 667 g/mol. The maximum absolute atomic E-state index is 14.3. The summed E-state index contributed by atoms with van der Waals surface area (Å²) in [5, 5.41) is 17.1. The predicted molar refractivity (Wildman–Crippen MR) is 171 cm³/mol. The molecule has 4 aromatic rings. The van der Waals surface area contributed by atoms with Crippen molar-refractivity contribution < 1.29 is 32.6 Å². The van der Waals surface area contributed by atoms with Gasteiger partial charge in [0.05, 0.1) is 29.5 Å². The summed E-state index contributed by atoms with van der Waals surface area (Å²) in [6, 6.07) is 5.57. The molecule has 0 bridgehead atoms. The Morgan fingerprint density at radius 2 is 1.96 bits per heavy atom. The van der Waals surface area contributed by atoms with Crippen LogP contribution in [0.3, 0.4) is 0 Å². The molecule has 1 fully saturated rings. The molecular formula is C33H29ClF3N7O5. The van der Waals surface area contributed by atoms with Crippen LogP contribution in [0.25, 0.3) is 11.4 Å². The van der Waals surface area contributed by atoms with Gasteiger partial charge in [0.1, 0.15) is 12.3 Å². The quantitative estimate of drug-likeness (QED) is 0.293. The first-order chi connectivity index (χ1) is 23.4. The molecule has 7 rings (SSSR count). The van der Waals surface area contributed by atoms with Gasteiger partial charge >= 0.3 is 6.18 Å². The highest BCUT2D eigenvalue weighted by Crippen LogP contribution is 2.41. The molecule has 2 amide bonds. The van der Waals surface area contributed by atoms with E-state index < -0.39 is 34.5 Å². The molecule has 0 atom stereocenters. The van der Waals surface area contributed by atoms with Gasteiger partial charge in [-0.1, -0.05) is 29.8 Å². The number of likely N-dealkylation sites (tertiary alicyclic amines) is 1. The zero-order valence-corrected chi connectivity index (χ0v) is 26.6. The molecule has 1 aliphatic carbocycles. The fraction of sp³-hybridized carbons (Fsp3) is 0.333. The zero-order chi connectivity index (χ0) is 34.5. The minimum atomic E-state index is -4.61. The second-order valence-corrected chi connectivity index (χ2v) is 12.5. The third-order valence-corrected chi connectivity index (χ3v) is 9.47. The molecule has 2 aliphatic heterocycles. The number of benzene rings is 1. The normalized spacial score (nSPS) is 17.2. The van der Waals surface area contributed by atoms with Crippen molar-refractivity contribution in [3.63, 3.8) is 0 Å². The Morgan fingerprint density at radius 1 is 1.16 bits per heavy atom. The average Bonchev–Trinajstić information content (AvgIpc) is 3.54. The van der Waals surface area contributed by atoms with E-state index in [0.29, 0.717) is 56.0 Å². The van der Waals surface area contributed by atoms with E-state index >= 15 is 0 Å². The molecule has 0 saturated carbocycles. The monoisotopic (exact) mass is 695 g/mol. The summed E-state index contributed by atoms with van der Waals surface area (Å²) in [6.07, 6.45) is 4.10. The smallest absolute Gasteiger partial charge is 0.416 e. The molecule has 16 heteroatoms. The number of ether oxygens (including phenoxy) is 1. The first-order valence-corrected chi connectivity index (χ1v) is 15.9. The Balaban J connectivity index is 1.26. The Kier molecular flexibility index (Phi) is 8.27. The van der Waals surface area contributed by atoms with Gasteiger partial charge in [0.2, 0.25) is 11.7 Å². The number of aromatic hydroxyl groups is 1. The zero-order valence-electron chi connectivity index (χ0n) is 25.8. The molecule has 0 unspecified atom stereocenters. The second-order valence-electron chi connectivity index (χ2n) is 12.1. The van der Waals surface area contributed by atoms with Gasteiger partial charge in [0, 0.05) is 42.4 Å². The van der Waals surface area contributed by atoms with Crippen molar-refractivity contribution in [3.8, 4) is 5.75 Å². The molecule has 49 heavy (non-hydrogen) atoms. The van der Waals surface area contributed by atoms with E-state index in [2.05, 4.69) is 20.4 Å². The number of hydrogen-bond donors (Lipinski definition) is 2. The number of aromatic nitrogens is 5. The number of fused-ring (bicyclic) bond motifs is 3. The summed E-state index contributed by atoms with van der Waals surface area (Å²) in [6.45, 7) is 0.992. The first kappa shape index (κ1) is 32.5. The Labute approximate surface area is 281 Å². The van der Waals surface area contributed by atoms with Gasteiger partial charge in [-0.2, -0.15) is 22.7 Å². The Hall–Kier alpha value is -5.02. The highest BCUT2D eigenvalue weighted by molar-refractivity contribution is 6.33. The molecule has 1 aromatic carbocycles. The lowest BCUT2D eigenvalue weighted by atomic mass is 9.69. The van der Waals surface area contributed by atoms with E-state index in [4.69, 9.17) is 16.3 Å². The van der Waals surface area contributed by atoms with Gasteiger partial charge in [-0.25, -0.2) is 4.98 Å². The molecule has 2 N–H and O–H groups in total. The van der Waals surface area contributed by atoms with E-state index in [1.165, 1.54) is 22.8 Å². The fourth-order valence-electron chi connectivity index (χ4n) is 6.69. The first-order valence-electron chi connectivity index (χ1n) is 15.5. The van der Waals surface area contributed by atoms with Gasteiger partial charge in [0.15, 0.2) is 11.5 Å². The number of amides is 2. The van der Waals surface area contributed by atoms with Crippen molar-refractivity contribution >= 4 is 40.5 Å². The summed E-state index contributed by atoms with van der Waals surface area (Å²) in [7, 11) is 0. The number of pyridine rings is 1. The maximum Gasteiger partial charge on any atom is 0.416 e. The van der Waals surface area contributed by atoms with Crippen molar-refractivity contribution in [2.45, 2.75) is 43.8 Å². The average molecular weight is 696 g/mol. The predicted octanol–water partition coefficient (Wildman–Crippen LogP) is 4.39. The topological polar surface area (TPSA) is 144 Å². The van der Waals surface area contributed by atoms with Crippen molar-refractivity contribution in [1.29, 1.82) is 0 Å². The Morgan fingerprint density at radius 3 is 2.65 bits per heavy atom. The van der Waals surface area contributed by atoms with Crippen LogP contribution in [0, 0.1) is 0 Å². The maximum atomic E-state index is 14.3. The van der Waals surface area contributed by atoms with E-state index in [0.717, 1.165) is 23.8 Å². The molecule has 5 heterocycles. The van der Waals surface area contributed by atoms with Crippen LogP contribution in [-0.4, -0.2) is 72.3 Å². The molecule has 1 saturated heterocycles. The molecule has 12 nitrogen and oxygen atoms in total. The largest absolute Gasteiger partial charge is 0.505 e. The van der Waals surface area contributed by atoms with E-state index in [1.807, 2.05) is 18.2 Å². The summed E-state index contributed by atoms with van der Waals surface area (Å²) in [5.74, 6) is -0.809. The SMILES string of the molecule is O=C(Cn1c2c(c(=O)n3nc(C4=CCOCC4)nc13)C1(C=CC2)CCN(C(=O)c2ncccc2O)CC1)Nc1ccc(C(F)(F)F)cc1Cl. The number of carbonyl (C=O) groups is 2. The summed E-state index contributed by atoms with van der Waals surface area (Å²) >= 11 is 6.12. The van der Waals surface area contributed by atoms with Crippen LogP contribution >= 0.6 is 11.6 Å². The number of piperidine rings is 1. The lowest BCUT2D eigenvalue weighted by Crippen LogP contribution is -2.49. The molecule has 254 valence electrons. The van der Waals surface area contributed by atoms with Crippen molar-refractivity contribution in [2.75, 3.05) is 31.6 Å². The minimum Gasteiger partial charge on any atom is -0.505 e. The van der Waals surface area contributed by atoms with Gasteiger partial charge in [-0.05, 0) is 55.2 Å². The van der Waals surface area contributed by atoms with Gasteiger partial charge in [-0.15, -0.1) is 5.10 Å². The van der Waals surface area contributed by atoms with Crippen LogP contribution in [0.1, 0.15) is 52.4 Å². The summed E-state index contributed by atoms with van der Waals surface area (Å²) in [4.78, 5) is 51.4. The number of rotatable bonds is 5. The number of nitrogens with zero attached hydrogens (tertiary/aromatic N) is 6. The second kappa shape index (κ2) is 12.5. The third kappa shape index (κ3) is 5.97. The van der Waals surface area contributed by atoms with Crippen LogP contribution < -0.4 is 10.9 Å². The van der Waals surface area contributed by atoms with Crippen LogP contribution in [-0.2, 0) is 34.1 Å². The van der Waals surface area contributed by atoms with Crippen LogP contribution in [0.2, 0.25) is 5.02 Å². The summed E-state index contributed by atoms with van der Waals surface area (Å²) in [5.41, 5.74) is -0.467. The third-order valence-electron chi connectivity index (χ3n) is 9.15. The lowest BCUT2D eigenvalue weighted by Gasteiger charge is -2.42. The van der Waals surface area contributed by atoms with Crippen molar-refractivity contribution in [2.24, 2.45) is 0 Å². The number of halogens is 4. The van der Waals surface area contributed by atoms with Crippen molar-refractivity contribution in [3.05, 3.63) is 98.5 Å². The molecule has 1 spiro atoms. The lowest BCUT2D eigenvalue weighted by molar-refractivity contribution is -0.137. The number of hydrogen-bond acceptors (Lipinski definition) is 8. The van der Waals surface area contributed by atoms with E-state index in [-0.39, 0.29) is 47.6 Å². The minimum absolute atomic E-state index is 0.00698. The van der Waals surface area contributed by atoms with E-state index in [1.54, 1.807) is 9.47 Å². The highest BCUT2D eigenvalue weighted by atomic mass is 35.5. The van der Waals surface area contributed by atoms with E-state index in [9.17, 15) is 32.7 Å². The van der Waals surface area contributed by atoms with Gasteiger partial charge < -0.3 is 24.6 Å². The Bertz CT molecular complexity index is 2120. The van der Waals surface area contributed by atoms with Gasteiger partial charge in [0.25, 0.3) is 11.5 Å². The number of nitrogens with one attached hydrogen (secondary N) is 1. The fourth-order valence-corrected chi connectivity index (χ4v) is 6.91. The summed E-state index contributed by atoms with van der Waals surface area (Å²) < 4.78 is 47.8. The number of alkyl halides is 3. The highest BCUT2D eigenvalue weighted by Gasteiger charge is 2.43. The van der Waals surface area contributed by atoms with Crippen LogP contribution in [0.15, 0.2) is 59.6 Å². The molecule has 0 radical (unpaired) electrons. The van der Waals surface area contributed by atoms with Crippen molar-refractivity contribution in [1.82, 2.24) is 29.0 Å².